The van der Waals surface area contributed by atoms with Crippen LogP contribution in [-0.2, 0) is 9.59 Å². The van der Waals surface area contributed by atoms with Gasteiger partial charge in [0.05, 0.1) is 0 Å². The number of carbonyl (C=O) groups is 2. The summed E-state index contributed by atoms with van der Waals surface area (Å²) in [6.07, 6.45) is 0. The van der Waals surface area contributed by atoms with E-state index in [4.69, 9.17) is 0 Å². The van der Waals surface area contributed by atoms with Crippen LogP contribution >= 0.6 is 0 Å². The topological polar surface area (TPSA) is 46.2 Å². The molecule has 88 valence electrons. The summed E-state index contributed by atoms with van der Waals surface area (Å²) in [4.78, 5) is 22.8. The minimum atomic E-state index is -0.117. The quantitative estimate of drug-likeness (QED) is 0.759. The fourth-order valence-electron chi connectivity index (χ4n) is 1.14. The normalized spacial score (nSPS) is 17.0. The molecule has 0 spiro atoms. The van der Waals surface area contributed by atoms with E-state index in [0.717, 1.165) is 0 Å². The van der Waals surface area contributed by atoms with Gasteiger partial charge in [0.1, 0.15) is 5.78 Å². The van der Waals surface area contributed by atoms with Crippen LogP contribution in [0.5, 0.6) is 0 Å². The first kappa shape index (κ1) is 14.1. The molecule has 0 aliphatic heterocycles. The van der Waals surface area contributed by atoms with Crippen molar-refractivity contribution in [3.8, 4) is 0 Å². The van der Waals surface area contributed by atoms with Crippen LogP contribution in [0.25, 0.3) is 0 Å². The van der Waals surface area contributed by atoms with Crippen LogP contribution in [0.15, 0.2) is 0 Å². The molecule has 0 saturated carbocycles. The van der Waals surface area contributed by atoms with Gasteiger partial charge in [-0.25, -0.2) is 0 Å². The molecule has 0 aliphatic rings. The Kier molecular flexibility index (Phi) is 5.55. The second kappa shape index (κ2) is 5.89. The summed E-state index contributed by atoms with van der Waals surface area (Å²) >= 11 is 0. The van der Waals surface area contributed by atoms with Gasteiger partial charge < -0.3 is 5.32 Å². The highest BCUT2D eigenvalue weighted by Crippen LogP contribution is 2.11. The number of ketones is 1. The lowest BCUT2D eigenvalue weighted by molar-refractivity contribution is -0.127. The molecule has 0 radical (unpaired) electrons. The van der Waals surface area contributed by atoms with Crippen molar-refractivity contribution in [3.05, 3.63) is 0 Å². The molecular weight excluding hydrogens is 190 g/mol. The number of rotatable bonds is 5. The Morgan fingerprint density at radius 1 is 0.933 bits per heavy atom. The minimum absolute atomic E-state index is 0.00777. The molecule has 1 amide bonds. The van der Waals surface area contributed by atoms with Crippen molar-refractivity contribution in [2.24, 2.45) is 17.8 Å². The third-order valence-corrected chi connectivity index (χ3v) is 3.17. The SMILES string of the molecule is CC(=O)C(C)C(C)NC(=O)C(C)C(C)C. The van der Waals surface area contributed by atoms with E-state index in [1.165, 1.54) is 0 Å². The van der Waals surface area contributed by atoms with Crippen LogP contribution < -0.4 is 5.32 Å². The van der Waals surface area contributed by atoms with Crippen LogP contribution in [0.2, 0.25) is 0 Å². The summed E-state index contributed by atoms with van der Waals surface area (Å²) in [5.41, 5.74) is 0. The van der Waals surface area contributed by atoms with Crippen LogP contribution in [0, 0.1) is 17.8 Å². The van der Waals surface area contributed by atoms with Gasteiger partial charge in [-0.1, -0.05) is 27.7 Å². The van der Waals surface area contributed by atoms with Crippen LogP contribution in [-0.4, -0.2) is 17.7 Å². The number of carbonyl (C=O) groups excluding carboxylic acids is 2. The van der Waals surface area contributed by atoms with Crippen molar-refractivity contribution in [2.45, 2.75) is 47.6 Å². The number of hydrogen-bond acceptors (Lipinski definition) is 2. The summed E-state index contributed by atoms with van der Waals surface area (Å²) in [5.74, 6) is 0.343. The van der Waals surface area contributed by atoms with Gasteiger partial charge in [0.15, 0.2) is 0 Å². The van der Waals surface area contributed by atoms with Crippen molar-refractivity contribution < 1.29 is 9.59 Å². The molecule has 15 heavy (non-hydrogen) atoms. The number of amides is 1. The Hall–Kier alpha value is -0.860. The number of Topliss-reactive ketones (excluding diaryl/α,β-unsaturated/α-hetero) is 1. The molecule has 3 nitrogen and oxygen atoms in total. The Balaban J connectivity index is 4.24. The average molecular weight is 213 g/mol. The van der Waals surface area contributed by atoms with Crippen molar-refractivity contribution in [2.75, 3.05) is 0 Å². The highest BCUT2D eigenvalue weighted by atomic mass is 16.2. The lowest BCUT2D eigenvalue weighted by Gasteiger charge is -2.22. The van der Waals surface area contributed by atoms with Crippen molar-refractivity contribution in [1.29, 1.82) is 0 Å². The number of hydrogen-bond donors (Lipinski definition) is 1. The van der Waals surface area contributed by atoms with Crippen molar-refractivity contribution >= 4 is 11.7 Å². The van der Waals surface area contributed by atoms with Gasteiger partial charge in [-0.05, 0) is 19.8 Å². The molecule has 0 aromatic carbocycles. The van der Waals surface area contributed by atoms with E-state index in [-0.39, 0.29) is 29.6 Å². The lowest BCUT2D eigenvalue weighted by atomic mass is 9.95. The van der Waals surface area contributed by atoms with E-state index in [1.54, 1.807) is 6.92 Å². The van der Waals surface area contributed by atoms with Gasteiger partial charge in [-0.2, -0.15) is 0 Å². The molecule has 0 bridgehead atoms. The van der Waals surface area contributed by atoms with Gasteiger partial charge in [0.25, 0.3) is 0 Å². The first-order valence-electron chi connectivity index (χ1n) is 5.58. The molecule has 3 unspecified atom stereocenters. The second-order valence-corrected chi connectivity index (χ2v) is 4.73. The molecule has 0 aromatic rings. The van der Waals surface area contributed by atoms with Crippen molar-refractivity contribution in [1.82, 2.24) is 5.32 Å². The standard InChI is InChI=1S/C12H23NO2/c1-7(2)8(3)12(15)13-10(5)9(4)11(6)14/h7-10H,1-6H3,(H,13,15). The van der Waals surface area contributed by atoms with Crippen LogP contribution in [0.4, 0.5) is 0 Å². The van der Waals surface area contributed by atoms with Crippen LogP contribution in [0.1, 0.15) is 41.5 Å². The first-order valence-corrected chi connectivity index (χ1v) is 5.58. The third-order valence-electron chi connectivity index (χ3n) is 3.17. The molecule has 0 heterocycles. The van der Waals surface area contributed by atoms with E-state index in [2.05, 4.69) is 5.32 Å². The molecule has 3 atom stereocenters. The maximum atomic E-state index is 11.7. The summed E-state index contributed by atoms with van der Waals surface area (Å²) in [6.45, 7) is 11.2. The molecule has 1 N–H and O–H groups in total. The van der Waals surface area contributed by atoms with E-state index in [0.29, 0.717) is 5.92 Å². The average Bonchev–Trinajstić information content (AvgIpc) is 2.14. The Labute approximate surface area is 92.6 Å². The predicted molar refractivity (Wildman–Crippen MR) is 61.5 cm³/mol. The molecule has 0 aliphatic carbocycles. The van der Waals surface area contributed by atoms with Gasteiger partial charge in [-0.15, -0.1) is 0 Å². The smallest absolute Gasteiger partial charge is 0.223 e. The molecule has 3 heteroatoms. The van der Waals surface area contributed by atoms with Gasteiger partial charge >= 0.3 is 0 Å². The zero-order valence-corrected chi connectivity index (χ0v) is 10.6. The maximum Gasteiger partial charge on any atom is 0.223 e. The third kappa shape index (κ3) is 4.45. The minimum Gasteiger partial charge on any atom is -0.353 e. The monoisotopic (exact) mass is 213 g/mol. The first-order chi connectivity index (χ1) is 6.77. The fraction of sp³-hybridized carbons (Fsp3) is 0.833. The zero-order valence-electron chi connectivity index (χ0n) is 10.6. The zero-order chi connectivity index (χ0) is 12.2. The molecule has 0 fully saturated rings. The lowest BCUT2D eigenvalue weighted by Crippen LogP contribution is -2.42. The summed E-state index contributed by atoms with van der Waals surface area (Å²) in [5, 5.41) is 2.88. The van der Waals surface area contributed by atoms with E-state index >= 15 is 0 Å². The van der Waals surface area contributed by atoms with E-state index < -0.39 is 0 Å². The largest absolute Gasteiger partial charge is 0.353 e. The Morgan fingerprint density at radius 2 is 1.40 bits per heavy atom. The maximum absolute atomic E-state index is 11.7. The van der Waals surface area contributed by atoms with Crippen LogP contribution in [0.3, 0.4) is 0 Å². The highest BCUT2D eigenvalue weighted by Gasteiger charge is 2.22. The number of nitrogens with one attached hydrogen (secondary N) is 1. The molecule has 0 saturated heterocycles. The fourth-order valence-corrected chi connectivity index (χ4v) is 1.14. The van der Waals surface area contributed by atoms with Gasteiger partial charge in [-0.3, -0.25) is 9.59 Å². The second-order valence-electron chi connectivity index (χ2n) is 4.73. The predicted octanol–water partition coefficient (Wildman–Crippen LogP) is 2.01. The molecular formula is C12H23NO2. The van der Waals surface area contributed by atoms with E-state index in [9.17, 15) is 9.59 Å². The summed E-state index contributed by atoms with van der Waals surface area (Å²) < 4.78 is 0. The highest BCUT2D eigenvalue weighted by molar-refractivity contribution is 5.82. The van der Waals surface area contributed by atoms with Gasteiger partial charge in [0, 0.05) is 17.9 Å². The molecule has 0 aromatic heterocycles. The Bertz CT molecular complexity index is 236. The Morgan fingerprint density at radius 3 is 1.73 bits per heavy atom. The van der Waals surface area contributed by atoms with E-state index in [1.807, 2.05) is 34.6 Å². The van der Waals surface area contributed by atoms with Crippen molar-refractivity contribution in [3.63, 3.8) is 0 Å². The summed E-state index contributed by atoms with van der Waals surface area (Å²) in [6, 6.07) is -0.0869. The molecule has 0 rings (SSSR count). The van der Waals surface area contributed by atoms with Gasteiger partial charge in [0.2, 0.25) is 5.91 Å². The summed E-state index contributed by atoms with van der Waals surface area (Å²) in [7, 11) is 0.